The molecule has 2 fully saturated rings. The van der Waals surface area contributed by atoms with Gasteiger partial charge in [-0.1, -0.05) is 12.8 Å². The van der Waals surface area contributed by atoms with Gasteiger partial charge in [0.1, 0.15) is 11.6 Å². The van der Waals surface area contributed by atoms with Crippen LogP contribution in [0, 0.1) is 5.82 Å². The summed E-state index contributed by atoms with van der Waals surface area (Å²) in [6.45, 7) is 0. The topological polar surface area (TPSA) is 128 Å². The maximum Gasteiger partial charge on any atom is 0.289 e. The SMILES string of the molecule is COC1CCC(NC(=O)c2nc(N[C@H]3CCCC[C@H]3N=C(N)c3ccco3)c3cc(F)ccc3n2)CC1. The van der Waals surface area contributed by atoms with Crippen molar-refractivity contribution in [2.45, 2.75) is 75.6 Å². The highest BCUT2D eigenvalue weighted by molar-refractivity contribution is 5.97. The molecule has 1 aromatic carbocycles. The summed E-state index contributed by atoms with van der Waals surface area (Å²) in [6, 6.07) is 7.68. The first-order valence-corrected chi connectivity index (χ1v) is 12.9. The van der Waals surface area contributed by atoms with Gasteiger partial charge in [0.2, 0.25) is 5.82 Å². The summed E-state index contributed by atoms with van der Waals surface area (Å²) in [5.41, 5.74) is 6.70. The average Bonchev–Trinajstić information content (AvgIpc) is 3.46. The molecule has 4 N–H and O–H groups in total. The fraction of sp³-hybridized carbons (Fsp3) is 0.481. The number of benzene rings is 1. The highest BCUT2D eigenvalue weighted by Crippen LogP contribution is 2.29. The van der Waals surface area contributed by atoms with Crippen molar-refractivity contribution in [3.63, 3.8) is 0 Å². The molecule has 2 aromatic heterocycles. The smallest absolute Gasteiger partial charge is 0.289 e. The Labute approximate surface area is 215 Å². The van der Waals surface area contributed by atoms with Crippen LogP contribution in [0.15, 0.2) is 46.0 Å². The van der Waals surface area contributed by atoms with Gasteiger partial charge in [0.05, 0.1) is 23.9 Å². The molecule has 5 rings (SSSR count). The molecule has 2 heterocycles. The summed E-state index contributed by atoms with van der Waals surface area (Å²) in [5.74, 6) is 0.604. The lowest BCUT2D eigenvalue weighted by Gasteiger charge is -2.30. The van der Waals surface area contributed by atoms with Crippen molar-refractivity contribution in [1.29, 1.82) is 0 Å². The number of nitrogens with two attached hydrogens (primary N) is 1. The Morgan fingerprint density at radius 3 is 2.70 bits per heavy atom. The minimum absolute atomic E-state index is 0.0458. The first-order chi connectivity index (χ1) is 18.0. The molecule has 3 aromatic rings. The Hall–Kier alpha value is -3.53. The maximum atomic E-state index is 14.2. The van der Waals surface area contributed by atoms with Crippen molar-refractivity contribution in [3.8, 4) is 0 Å². The number of nitrogens with one attached hydrogen (secondary N) is 2. The number of anilines is 1. The van der Waals surface area contributed by atoms with Crippen molar-refractivity contribution in [3.05, 3.63) is 54.0 Å². The average molecular weight is 509 g/mol. The molecule has 2 aliphatic carbocycles. The maximum absolute atomic E-state index is 14.2. The van der Waals surface area contributed by atoms with Crippen LogP contribution < -0.4 is 16.4 Å². The summed E-state index contributed by atoms with van der Waals surface area (Å²) < 4.78 is 25.0. The lowest BCUT2D eigenvalue weighted by Crippen LogP contribution is -2.40. The molecular formula is C27H33FN6O3. The quantitative estimate of drug-likeness (QED) is 0.323. The molecule has 10 heteroatoms. The minimum Gasteiger partial charge on any atom is -0.461 e. The number of carbonyl (C=O) groups excluding carboxylic acids is 1. The van der Waals surface area contributed by atoms with Gasteiger partial charge in [-0.25, -0.2) is 14.4 Å². The molecule has 0 saturated heterocycles. The highest BCUT2D eigenvalue weighted by atomic mass is 19.1. The number of hydrogen-bond acceptors (Lipinski definition) is 7. The van der Waals surface area contributed by atoms with Gasteiger partial charge in [0.15, 0.2) is 11.6 Å². The molecule has 0 unspecified atom stereocenters. The zero-order chi connectivity index (χ0) is 25.8. The Balaban J connectivity index is 1.40. The number of aromatic nitrogens is 2. The van der Waals surface area contributed by atoms with Gasteiger partial charge in [-0.3, -0.25) is 9.79 Å². The zero-order valence-electron chi connectivity index (χ0n) is 21.0. The second-order valence-corrected chi connectivity index (χ2v) is 9.83. The van der Waals surface area contributed by atoms with E-state index in [1.54, 1.807) is 31.6 Å². The third-order valence-corrected chi connectivity index (χ3v) is 7.33. The number of amidine groups is 1. The zero-order valence-corrected chi connectivity index (χ0v) is 21.0. The molecular weight excluding hydrogens is 475 g/mol. The highest BCUT2D eigenvalue weighted by Gasteiger charge is 2.28. The van der Waals surface area contributed by atoms with Crippen LogP contribution in [0.3, 0.4) is 0 Å². The van der Waals surface area contributed by atoms with E-state index in [2.05, 4.69) is 20.6 Å². The minimum atomic E-state index is -0.397. The monoisotopic (exact) mass is 508 g/mol. The summed E-state index contributed by atoms with van der Waals surface area (Å²) in [5, 5.41) is 7.04. The van der Waals surface area contributed by atoms with Crippen LogP contribution in [0.25, 0.3) is 10.9 Å². The summed E-state index contributed by atoms with van der Waals surface area (Å²) >= 11 is 0. The molecule has 37 heavy (non-hydrogen) atoms. The molecule has 196 valence electrons. The lowest BCUT2D eigenvalue weighted by molar-refractivity contribution is 0.0597. The van der Waals surface area contributed by atoms with Crippen LogP contribution in [0.1, 0.15) is 67.7 Å². The molecule has 0 aliphatic heterocycles. The van der Waals surface area contributed by atoms with Gasteiger partial charge in [0.25, 0.3) is 5.91 Å². The van der Waals surface area contributed by atoms with Crippen LogP contribution >= 0.6 is 0 Å². The van der Waals surface area contributed by atoms with Crippen LogP contribution in [0.4, 0.5) is 10.2 Å². The van der Waals surface area contributed by atoms with Gasteiger partial charge in [-0.15, -0.1) is 0 Å². The van der Waals surface area contributed by atoms with E-state index >= 15 is 0 Å². The van der Waals surface area contributed by atoms with E-state index in [-0.39, 0.29) is 36.0 Å². The molecule has 2 aliphatic rings. The van der Waals surface area contributed by atoms with Crippen LogP contribution in [-0.2, 0) is 4.74 Å². The number of ether oxygens (including phenoxy) is 1. The normalized spacial score (nSPS) is 24.6. The molecule has 0 spiro atoms. The summed E-state index contributed by atoms with van der Waals surface area (Å²) in [4.78, 5) is 26.9. The Kier molecular flexibility index (Phi) is 7.64. The number of methoxy groups -OCH3 is 1. The number of rotatable bonds is 7. The first-order valence-electron chi connectivity index (χ1n) is 12.9. The Morgan fingerprint density at radius 1 is 1.14 bits per heavy atom. The molecule has 9 nitrogen and oxygen atoms in total. The standard InChI is InChI=1S/C27H33FN6O3/c1-36-18-11-9-17(10-12-18)30-27(35)26-32-20-13-8-16(28)15-19(20)25(34-26)33-22-6-3-2-5-21(22)31-24(29)23-7-4-14-37-23/h4,7-8,13-15,17-18,21-22H,2-3,5-6,9-12H2,1H3,(H2,29,31)(H,30,35)(H,32,33,34)/t17?,18?,21-,22+/m1/s1. The van der Waals surface area contributed by atoms with Crippen molar-refractivity contribution < 1.29 is 18.3 Å². The molecule has 2 saturated carbocycles. The number of hydrogen-bond donors (Lipinski definition) is 3. The third-order valence-electron chi connectivity index (χ3n) is 7.33. The van der Waals surface area contributed by atoms with Crippen LogP contribution in [0.2, 0.25) is 0 Å². The van der Waals surface area contributed by atoms with E-state index in [9.17, 15) is 9.18 Å². The number of aliphatic imine (C=N–C) groups is 1. The number of furan rings is 1. The van der Waals surface area contributed by atoms with Crippen LogP contribution in [0.5, 0.6) is 0 Å². The second-order valence-electron chi connectivity index (χ2n) is 9.83. The van der Waals surface area contributed by atoms with Gasteiger partial charge < -0.3 is 25.5 Å². The van der Waals surface area contributed by atoms with E-state index in [4.69, 9.17) is 19.9 Å². The van der Waals surface area contributed by atoms with E-state index < -0.39 is 5.82 Å². The van der Waals surface area contributed by atoms with E-state index in [1.807, 2.05) is 0 Å². The predicted molar refractivity (Wildman–Crippen MR) is 139 cm³/mol. The van der Waals surface area contributed by atoms with E-state index in [1.165, 1.54) is 12.1 Å². The number of fused-ring (bicyclic) bond motifs is 1. The Bertz CT molecular complexity index is 1260. The summed E-state index contributed by atoms with van der Waals surface area (Å²) in [6.07, 6.45) is 9.00. The molecule has 2 atom stereocenters. The van der Waals surface area contributed by atoms with Crippen molar-refractivity contribution >= 4 is 28.5 Å². The number of nitrogens with zero attached hydrogens (tertiary/aromatic N) is 3. The Morgan fingerprint density at radius 2 is 1.95 bits per heavy atom. The van der Waals surface area contributed by atoms with Crippen molar-refractivity contribution in [2.24, 2.45) is 10.7 Å². The van der Waals surface area contributed by atoms with E-state index in [0.29, 0.717) is 28.3 Å². The molecule has 0 radical (unpaired) electrons. The van der Waals surface area contributed by atoms with E-state index in [0.717, 1.165) is 51.4 Å². The largest absolute Gasteiger partial charge is 0.461 e. The van der Waals surface area contributed by atoms with Gasteiger partial charge in [-0.2, -0.15) is 0 Å². The predicted octanol–water partition coefficient (Wildman–Crippen LogP) is 4.18. The van der Waals surface area contributed by atoms with Gasteiger partial charge in [-0.05, 0) is 68.9 Å². The number of carbonyl (C=O) groups is 1. The second kappa shape index (κ2) is 11.2. The van der Waals surface area contributed by atoms with Crippen molar-refractivity contribution in [2.75, 3.05) is 12.4 Å². The third kappa shape index (κ3) is 5.90. The number of amides is 1. The van der Waals surface area contributed by atoms with Gasteiger partial charge in [0, 0.05) is 24.6 Å². The molecule has 0 bridgehead atoms. The van der Waals surface area contributed by atoms with Gasteiger partial charge >= 0.3 is 0 Å². The van der Waals surface area contributed by atoms with Crippen LogP contribution in [-0.4, -0.2) is 53.1 Å². The molecule has 1 amide bonds. The van der Waals surface area contributed by atoms with Crippen molar-refractivity contribution in [1.82, 2.24) is 15.3 Å². The fourth-order valence-corrected chi connectivity index (χ4v) is 5.28. The number of halogens is 1. The first kappa shape index (κ1) is 25.1. The fourth-order valence-electron chi connectivity index (χ4n) is 5.28. The lowest BCUT2D eigenvalue weighted by atomic mass is 9.90. The summed E-state index contributed by atoms with van der Waals surface area (Å²) in [7, 11) is 1.72.